The first-order valence-corrected chi connectivity index (χ1v) is 3.76. The second-order valence-corrected chi connectivity index (χ2v) is 2.41. The lowest BCUT2D eigenvalue weighted by atomic mass is 10.2. The van der Waals surface area contributed by atoms with Crippen LogP contribution in [0, 0.1) is 6.92 Å². The molecule has 0 aromatic heterocycles. The van der Waals surface area contributed by atoms with Crippen molar-refractivity contribution in [3.8, 4) is 11.5 Å². The van der Waals surface area contributed by atoms with Crippen molar-refractivity contribution in [1.82, 2.24) is 0 Å². The van der Waals surface area contributed by atoms with Crippen LogP contribution in [-0.4, -0.2) is 13.7 Å². The number of benzene rings is 1. The van der Waals surface area contributed by atoms with Crippen LogP contribution in [0.1, 0.15) is 5.56 Å². The van der Waals surface area contributed by atoms with Crippen LogP contribution in [-0.2, 0) is 0 Å². The van der Waals surface area contributed by atoms with Gasteiger partial charge in [-0.15, -0.1) is 0 Å². The first-order chi connectivity index (χ1) is 6.29. The summed E-state index contributed by atoms with van der Waals surface area (Å²) < 4.78 is 33.0. The molecule has 0 amide bonds. The van der Waals surface area contributed by atoms with E-state index in [9.17, 15) is 8.78 Å². The fourth-order valence-electron chi connectivity index (χ4n) is 1.04. The molecule has 13 heavy (non-hydrogen) atoms. The fraction of sp³-hybridized carbons (Fsp3) is 0.333. The van der Waals surface area contributed by atoms with Gasteiger partial charge in [-0.1, -0.05) is 12.1 Å². The van der Waals surface area contributed by atoms with Gasteiger partial charge in [-0.25, -0.2) is 8.78 Å². The smallest absolute Gasteiger partial charge is 0.228 e. The maximum absolute atomic E-state index is 11.9. The Morgan fingerprint density at radius 1 is 1.15 bits per heavy atom. The van der Waals surface area contributed by atoms with Crippen molar-refractivity contribution in [2.45, 2.75) is 6.92 Å². The molecule has 0 saturated heterocycles. The molecule has 0 aliphatic carbocycles. The molecule has 0 N–H and O–H groups in total. The third kappa shape index (κ3) is 2.31. The Labute approximate surface area is 75.1 Å². The molecule has 0 aliphatic heterocycles. The van der Waals surface area contributed by atoms with Crippen LogP contribution < -0.4 is 9.47 Å². The van der Waals surface area contributed by atoms with Gasteiger partial charge in [0.1, 0.15) is 0 Å². The Morgan fingerprint density at radius 2 is 1.85 bits per heavy atom. The van der Waals surface area contributed by atoms with E-state index in [1.54, 1.807) is 19.1 Å². The van der Waals surface area contributed by atoms with Crippen molar-refractivity contribution in [2.75, 3.05) is 13.7 Å². The predicted molar refractivity (Wildman–Crippen MR) is 44.4 cm³/mol. The van der Waals surface area contributed by atoms with E-state index in [0.29, 0.717) is 5.56 Å². The van der Waals surface area contributed by atoms with Gasteiger partial charge in [0.2, 0.25) is 13.7 Å². The van der Waals surface area contributed by atoms with Crippen molar-refractivity contribution in [3.05, 3.63) is 23.8 Å². The number of halogens is 2. The van der Waals surface area contributed by atoms with Gasteiger partial charge < -0.3 is 9.47 Å². The highest BCUT2D eigenvalue weighted by molar-refractivity contribution is 5.45. The van der Waals surface area contributed by atoms with Gasteiger partial charge in [0, 0.05) is 0 Å². The first-order valence-electron chi connectivity index (χ1n) is 3.76. The predicted octanol–water partition coefficient (Wildman–Crippen LogP) is 2.61. The summed E-state index contributed by atoms with van der Waals surface area (Å²) in [5, 5.41) is 0. The molecule has 1 rings (SSSR count). The summed E-state index contributed by atoms with van der Waals surface area (Å²) in [6, 6.07) is 4.94. The SMILES string of the molecule is Cc1cccc(OCF)c1OCF. The molecule has 0 fully saturated rings. The van der Waals surface area contributed by atoms with E-state index in [-0.39, 0.29) is 11.5 Å². The monoisotopic (exact) mass is 188 g/mol. The van der Waals surface area contributed by atoms with Crippen molar-refractivity contribution < 1.29 is 18.3 Å². The lowest BCUT2D eigenvalue weighted by Gasteiger charge is -2.10. The minimum Gasteiger partial charge on any atom is -0.459 e. The van der Waals surface area contributed by atoms with Gasteiger partial charge >= 0.3 is 0 Å². The summed E-state index contributed by atoms with van der Waals surface area (Å²) in [6.45, 7) is -0.171. The Kier molecular flexibility index (Phi) is 3.49. The molecule has 0 saturated carbocycles. The van der Waals surface area contributed by atoms with Crippen LogP contribution in [0.3, 0.4) is 0 Å². The van der Waals surface area contributed by atoms with E-state index < -0.39 is 13.7 Å². The van der Waals surface area contributed by atoms with Crippen LogP contribution in [0.15, 0.2) is 18.2 Å². The highest BCUT2D eigenvalue weighted by Crippen LogP contribution is 2.30. The number of para-hydroxylation sites is 1. The summed E-state index contributed by atoms with van der Waals surface area (Å²) in [6.07, 6.45) is 0. The molecule has 72 valence electrons. The minimum atomic E-state index is -0.952. The summed E-state index contributed by atoms with van der Waals surface area (Å²) in [5.41, 5.74) is 0.712. The standard InChI is InChI=1S/C9H10F2O2/c1-7-3-2-4-8(12-5-10)9(7)13-6-11/h2-4H,5-6H2,1H3. The molecular formula is C9H10F2O2. The average Bonchev–Trinajstić information content (AvgIpc) is 2.11. The van der Waals surface area contributed by atoms with Gasteiger partial charge in [0.15, 0.2) is 11.5 Å². The van der Waals surface area contributed by atoms with E-state index in [1.807, 2.05) is 0 Å². The van der Waals surface area contributed by atoms with Crippen LogP contribution in [0.25, 0.3) is 0 Å². The normalized spacial score (nSPS) is 9.77. The Morgan fingerprint density at radius 3 is 2.46 bits per heavy atom. The lowest BCUT2D eigenvalue weighted by Crippen LogP contribution is -1.98. The number of rotatable bonds is 4. The molecule has 0 heterocycles. The maximum Gasteiger partial charge on any atom is 0.228 e. The Bertz CT molecular complexity index is 276. The van der Waals surface area contributed by atoms with E-state index >= 15 is 0 Å². The van der Waals surface area contributed by atoms with Gasteiger partial charge in [0.05, 0.1) is 0 Å². The molecule has 0 radical (unpaired) electrons. The van der Waals surface area contributed by atoms with Gasteiger partial charge in [-0.2, -0.15) is 0 Å². The summed E-state index contributed by atoms with van der Waals surface area (Å²) in [4.78, 5) is 0. The van der Waals surface area contributed by atoms with Crippen molar-refractivity contribution in [2.24, 2.45) is 0 Å². The summed E-state index contributed by atoms with van der Waals surface area (Å²) >= 11 is 0. The maximum atomic E-state index is 11.9. The fourth-order valence-corrected chi connectivity index (χ4v) is 1.04. The molecule has 0 aliphatic rings. The van der Waals surface area contributed by atoms with Crippen LogP contribution in [0.2, 0.25) is 0 Å². The zero-order chi connectivity index (χ0) is 9.68. The molecular weight excluding hydrogens is 178 g/mol. The molecule has 0 bridgehead atoms. The van der Waals surface area contributed by atoms with Crippen LogP contribution >= 0.6 is 0 Å². The van der Waals surface area contributed by atoms with Crippen molar-refractivity contribution in [1.29, 1.82) is 0 Å². The molecule has 0 atom stereocenters. The van der Waals surface area contributed by atoms with Crippen molar-refractivity contribution in [3.63, 3.8) is 0 Å². The van der Waals surface area contributed by atoms with Gasteiger partial charge in [-0.3, -0.25) is 0 Å². The number of hydrogen-bond acceptors (Lipinski definition) is 2. The van der Waals surface area contributed by atoms with E-state index in [2.05, 4.69) is 9.47 Å². The zero-order valence-electron chi connectivity index (χ0n) is 7.22. The van der Waals surface area contributed by atoms with Crippen LogP contribution in [0.4, 0.5) is 8.78 Å². The molecule has 0 spiro atoms. The van der Waals surface area contributed by atoms with Crippen LogP contribution in [0.5, 0.6) is 11.5 Å². The summed E-state index contributed by atoms with van der Waals surface area (Å²) in [5.74, 6) is 0.475. The number of ether oxygens (including phenoxy) is 2. The van der Waals surface area contributed by atoms with Gasteiger partial charge in [0.25, 0.3) is 0 Å². The van der Waals surface area contributed by atoms with Gasteiger partial charge in [-0.05, 0) is 18.6 Å². The molecule has 2 nitrogen and oxygen atoms in total. The highest BCUT2D eigenvalue weighted by atomic mass is 19.1. The topological polar surface area (TPSA) is 18.5 Å². The Balaban J connectivity index is 2.95. The third-order valence-electron chi connectivity index (χ3n) is 1.58. The second kappa shape index (κ2) is 4.64. The Hall–Kier alpha value is -1.32. The highest BCUT2D eigenvalue weighted by Gasteiger charge is 2.07. The zero-order valence-corrected chi connectivity index (χ0v) is 7.22. The molecule has 1 aromatic rings. The quantitative estimate of drug-likeness (QED) is 0.723. The van der Waals surface area contributed by atoms with E-state index in [0.717, 1.165) is 0 Å². The number of aryl methyl sites for hydroxylation is 1. The van der Waals surface area contributed by atoms with Crippen molar-refractivity contribution >= 4 is 0 Å². The molecule has 0 unspecified atom stereocenters. The first kappa shape index (κ1) is 9.77. The lowest BCUT2D eigenvalue weighted by molar-refractivity contribution is 0.157. The van der Waals surface area contributed by atoms with E-state index in [1.165, 1.54) is 6.07 Å². The number of alkyl halides is 2. The minimum absolute atomic E-state index is 0.222. The summed E-state index contributed by atoms with van der Waals surface area (Å²) in [7, 11) is 0. The molecule has 4 heteroatoms. The third-order valence-corrected chi connectivity index (χ3v) is 1.58. The second-order valence-electron chi connectivity index (χ2n) is 2.41. The largest absolute Gasteiger partial charge is 0.459 e. The average molecular weight is 188 g/mol. The molecule has 1 aromatic carbocycles. The van der Waals surface area contributed by atoms with E-state index in [4.69, 9.17) is 0 Å². The number of hydrogen-bond donors (Lipinski definition) is 0.